The number of nitrogens with zero attached hydrogens (tertiary/aromatic N) is 2. The molecule has 0 fully saturated rings. The van der Waals surface area contributed by atoms with Crippen molar-refractivity contribution in [3.05, 3.63) is 58.2 Å². The predicted octanol–water partition coefficient (Wildman–Crippen LogP) is 4.57. The standard InChI is InChI=1S/C16H19BrN2/c1-12(2)19(11-14-7-5-4-6-8-14)16-15(17)13(3)9-10-18-16/h4-10,12H,11H2,1-3H3. The van der Waals surface area contributed by atoms with Crippen LogP contribution in [-0.2, 0) is 6.54 Å². The van der Waals surface area contributed by atoms with Crippen LogP contribution in [0.4, 0.5) is 5.82 Å². The average molecular weight is 319 g/mol. The first-order chi connectivity index (χ1) is 9.09. The summed E-state index contributed by atoms with van der Waals surface area (Å²) in [5.74, 6) is 1.01. The van der Waals surface area contributed by atoms with Gasteiger partial charge in [-0.3, -0.25) is 0 Å². The molecule has 0 N–H and O–H groups in total. The Hall–Kier alpha value is -1.35. The maximum atomic E-state index is 4.54. The van der Waals surface area contributed by atoms with Gasteiger partial charge in [0, 0.05) is 18.8 Å². The van der Waals surface area contributed by atoms with Crippen molar-refractivity contribution < 1.29 is 0 Å². The van der Waals surface area contributed by atoms with Gasteiger partial charge in [0.1, 0.15) is 5.82 Å². The van der Waals surface area contributed by atoms with E-state index in [4.69, 9.17) is 0 Å². The fourth-order valence-corrected chi connectivity index (χ4v) is 2.47. The Kier molecular flexibility index (Phi) is 4.59. The second-order valence-electron chi connectivity index (χ2n) is 4.97. The Morgan fingerprint density at radius 3 is 2.47 bits per heavy atom. The third-order valence-electron chi connectivity index (χ3n) is 3.16. The Labute approximate surface area is 123 Å². The van der Waals surface area contributed by atoms with Crippen LogP contribution in [0.1, 0.15) is 25.0 Å². The molecule has 0 saturated heterocycles. The van der Waals surface area contributed by atoms with Gasteiger partial charge in [-0.2, -0.15) is 0 Å². The zero-order chi connectivity index (χ0) is 13.8. The topological polar surface area (TPSA) is 16.1 Å². The van der Waals surface area contributed by atoms with Crippen molar-refractivity contribution in [1.29, 1.82) is 0 Å². The maximum Gasteiger partial charge on any atom is 0.143 e. The molecule has 0 aliphatic carbocycles. The second kappa shape index (κ2) is 6.20. The minimum Gasteiger partial charge on any atom is -0.349 e. The SMILES string of the molecule is Cc1ccnc(N(Cc2ccccc2)C(C)C)c1Br. The number of hydrogen-bond acceptors (Lipinski definition) is 2. The Bertz CT molecular complexity index is 538. The van der Waals surface area contributed by atoms with Crippen molar-refractivity contribution in [2.45, 2.75) is 33.4 Å². The van der Waals surface area contributed by atoms with Crippen LogP contribution in [0.15, 0.2) is 47.1 Å². The third-order valence-corrected chi connectivity index (χ3v) is 4.14. The molecule has 0 saturated carbocycles. The number of aromatic nitrogens is 1. The summed E-state index contributed by atoms with van der Waals surface area (Å²) in [6.07, 6.45) is 1.87. The summed E-state index contributed by atoms with van der Waals surface area (Å²) in [5.41, 5.74) is 2.51. The number of aryl methyl sites for hydroxylation is 1. The summed E-state index contributed by atoms with van der Waals surface area (Å²) in [6.45, 7) is 7.35. The molecule has 2 aromatic rings. The molecule has 1 aromatic carbocycles. The normalized spacial score (nSPS) is 10.8. The highest BCUT2D eigenvalue weighted by atomic mass is 79.9. The lowest BCUT2D eigenvalue weighted by atomic mass is 10.2. The summed E-state index contributed by atoms with van der Waals surface area (Å²) in [6, 6.07) is 12.9. The van der Waals surface area contributed by atoms with Gasteiger partial charge in [-0.1, -0.05) is 30.3 Å². The highest BCUT2D eigenvalue weighted by Gasteiger charge is 2.16. The van der Waals surface area contributed by atoms with Crippen LogP contribution in [0.25, 0.3) is 0 Å². The van der Waals surface area contributed by atoms with Gasteiger partial charge in [0.25, 0.3) is 0 Å². The number of anilines is 1. The molecule has 1 heterocycles. The molecule has 0 unspecified atom stereocenters. The Morgan fingerprint density at radius 2 is 1.84 bits per heavy atom. The van der Waals surface area contributed by atoms with Gasteiger partial charge in [-0.05, 0) is 53.9 Å². The van der Waals surface area contributed by atoms with Crippen LogP contribution in [0.5, 0.6) is 0 Å². The van der Waals surface area contributed by atoms with Crippen LogP contribution in [0, 0.1) is 6.92 Å². The molecule has 0 bridgehead atoms. The van der Waals surface area contributed by atoms with Gasteiger partial charge >= 0.3 is 0 Å². The third kappa shape index (κ3) is 3.35. The van der Waals surface area contributed by atoms with E-state index in [-0.39, 0.29) is 0 Å². The monoisotopic (exact) mass is 318 g/mol. The summed E-state index contributed by atoms with van der Waals surface area (Å²) in [5, 5.41) is 0. The van der Waals surface area contributed by atoms with Crippen molar-refractivity contribution in [2.24, 2.45) is 0 Å². The lowest BCUT2D eigenvalue weighted by molar-refractivity contribution is 0.670. The first-order valence-electron chi connectivity index (χ1n) is 6.51. The minimum atomic E-state index is 0.394. The second-order valence-corrected chi connectivity index (χ2v) is 5.77. The number of rotatable bonds is 4. The predicted molar refractivity (Wildman–Crippen MR) is 84.4 cm³/mol. The molecule has 1 aromatic heterocycles. The van der Waals surface area contributed by atoms with Crippen LogP contribution in [-0.4, -0.2) is 11.0 Å². The van der Waals surface area contributed by atoms with Crippen molar-refractivity contribution in [3.8, 4) is 0 Å². The number of pyridine rings is 1. The van der Waals surface area contributed by atoms with E-state index in [0.29, 0.717) is 6.04 Å². The molecule has 0 radical (unpaired) electrons. The molecule has 0 atom stereocenters. The fourth-order valence-electron chi connectivity index (χ4n) is 2.01. The molecule has 2 nitrogen and oxygen atoms in total. The summed E-state index contributed by atoms with van der Waals surface area (Å²) in [4.78, 5) is 6.85. The summed E-state index contributed by atoms with van der Waals surface area (Å²) >= 11 is 3.66. The average Bonchev–Trinajstić information content (AvgIpc) is 2.40. The van der Waals surface area contributed by atoms with Gasteiger partial charge in [-0.15, -0.1) is 0 Å². The van der Waals surface area contributed by atoms with E-state index < -0.39 is 0 Å². The van der Waals surface area contributed by atoms with Crippen LogP contribution < -0.4 is 4.90 Å². The van der Waals surface area contributed by atoms with Gasteiger partial charge < -0.3 is 4.90 Å². The maximum absolute atomic E-state index is 4.54. The van der Waals surface area contributed by atoms with Gasteiger partial charge in [0.15, 0.2) is 0 Å². The molecular weight excluding hydrogens is 300 g/mol. The van der Waals surface area contributed by atoms with E-state index >= 15 is 0 Å². The first-order valence-corrected chi connectivity index (χ1v) is 7.30. The van der Waals surface area contributed by atoms with Gasteiger partial charge in [0.05, 0.1) is 4.47 Å². The lowest BCUT2D eigenvalue weighted by Crippen LogP contribution is -2.31. The lowest BCUT2D eigenvalue weighted by Gasteiger charge is -2.29. The zero-order valence-corrected chi connectivity index (χ0v) is 13.2. The molecule has 2 rings (SSSR count). The van der Waals surface area contributed by atoms with E-state index in [2.05, 4.69) is 70.9 Å². The number of halogens is 1. The molecule has 0 spiro atoms. The summed E-state index contributed by atoms with van der Waals surface area (Å²) < 4.78 is 1.08. The minimum absolute atomic E-state index is 0.394. The van der Waals surface area contributed by atoms with Crippen LogP contribution in [0.2, 0.25) is 0 Å². The molecule has 0 amide bonds. The van der Waals surface area contributed by atoms with Crippen molar-refractivity contribution in [2.75, 3.05) is 4.90 Å². The van der Waals surface area contributed by atoms with E-state index in [9.17, 15) is 0 Å². The zero-order valence-electron chi connectivity index (χ0n) is 11.6. The molecular formula is C16H19BrN2. The van der Waals surface area contributed by atoms with E-state index in [1.165, 1.54) is 11.1 Å². The smallest absolute Gasteiger partial charge is 0.143 e. The van der Waals surface area contributed by atoms with E-state index in [0.717, 1.165) is 16.8 Å². The first kappa shape index (κ1) is 14.1. The van der Waals surface area contributed by atoms with Gasteiger partial charge in [-0.25, -0.2) is 4.98 Å². The Balaban J connectivity index is 2.33. The van der Waals surface area contributed by atoms with Crippen molar-refractivity contribution in [3.63, 3.8) is 0 Å². The highest BCUT2D eigenvalue weighted by molar-refractivity contribution is 9.10. The fraction of sp³-hybridized carbons (Fsp3) is 0.312. The quantitative estimate of drug-likeness (QED) is 0.821. The highest BCUT2D eigenvalue weighted by Crippen LogP contribution is 2.29. The molecule has 19 heavy (non-hydrogen) atoms. The molecule has 3 heteroatoms. The van der Waals surface area contributed by atoms with Gasteiger partial charge in [0.2, 0.25) is 0 Å². The van der Waals surface area contributed by atoms with Crippen molar-refractivity contribution in [1.82, 2.24) is 4.98 Å². The van der Waals surface area contributed by atoms with Crippen molar-refractivity contribution >= 4 is 21.7 Å². The number of benzene rings is 1. The van der Waals surface area contributed by atoms with E-state index in [1.54, 1.807) is 0 Å². The molecule has 100 valence electrons. The van der Waals surface area contributed by atoms with Crippen LogP contribution in [0.3, 0.4) is 0 Å². The van der Waals surface area contributed by atoms with E-state index in [1.807, 2.05) is 18.3 Å². The largest absolute Gasteiger partial charge is 0.349 e. The number of hydrogen-bond donors (Lipinski definition) is 0. The van der Waals surface area contributed by atoms with Crippen LogP contribution >= 0.6 is 15.9 Å². The Morgan fingerprint density at radius 1 is 1.16 bits per heavy atom. The molecule has 0 aliphatic heterocycles. The molecule has 0 aliphatic rings. The summed E-state index contributed by atoms with van der Waals surface area (Å²) in [7, 11) is 0.